The van der Waals surface area contributed by atoms with Crippen molar-refractivity contribution in [1.82, 2.24) is 9.55 Å². The first-order valence-electron chi connectivity index (χ1n) is 10.7. The molecule has 1 aliphatic rings. The van der Waals surface area contributed by atoms with Gasteiger partial charge in [-0.05, 0) is 55.7 Å². The number of aromatic nitrogens is 2. The van der Waals surface area contributed by atoms with Crippen LogP contribution in [-0.2, 0) is 17.8 Å². The highest BCUT2D eigenvalue weighted by Crippen LogP contribution is 2.31. The number of furan rings is 1. The van der Waals surface area contributed by atoms with Gasteiger partial charge in [-0.3, -0.25) is 14.2 Å². The summed E-state index contributed by atoms with van der Waals surface area (Å²) in [6.07, 6.45) is 3.51. The normalized spacial score (nSPS) is 14.3. The van der Waals surface area contributed by atoms with Crippen molar-refractivity contribution >= 4 is 34.3 Å². The van der Waals surface area contributed by atoms with Gasteiger partial charge in [0.1, 0.15) is 5.76 Å². The van der Waals surface area contributed by atoms with E-state index in [4.69, 9.17) is 9.40 Å². The number of anilines is 1. The molecular weight excluding hydrogens is 422 g/mol. The van der Waals surface area contributed by atoms with Crippen molar-refractivity contribution < 1.29 is 9.21 Å². The van der Waals surface area contributed by atoms with Crippen LogP contribution in [0.3, 0.4) is 0 Å². The van der Waals surface area contributed by atoms with E-state index in [1.807, 2.05) is 54.3 Å². The van der Waals surface area contributed by atoms with E-state index in [-0.39, 0.29) is 18.0 Å². The van der Waals surface area contributed by atoms with Gasteiger partial charge in [0.05, 0.1) is 29.0 Å². The maximum atomic E-state index is 13.4. The van der Waals surface area contributed by atoms with Crippen molar-refractivity contribution in [1.29, 1.82) is 0 Å². The van der Waals surface area contributed by atoms with Gasteiger partial charge >= 0.3 is 0 Å². The Balaban J connectivity index is 1.49. The maximum absolute atomic E-state index is 13.4. The molecule has 2 aromatic carbocycles. The van der Waals surface area contributed by atoms with Crippen molar-refractivity contribution in [3.63, 3.8) is 0 Å². The molecule has 32 heavy (non-hydrogen) atoms. The second-order valence-electron chi connectivity index (χ2n) is 7.86. The number of para-hydroxylation sites is 2. The Kier molecular flexibility index (Phi) is 5.57. The number of hydrogen-bond acceptors (Lipinski definition) is 5. The number of nitrogens with zero attached hydrogens (tertiary/aromatic N) is 3. The second kappa shape index (κ2) is 8.67. The average Bonchev–Trinajstić information content (AvgIpc) is 3.34. The van der Waals surface area contributed by atoms with Gasteiger partial charge in [0, 0.05) is 12.2 Å². The SMILES string of the molecule is C[C@H](Sc1nc2ccccc2c(=O)n1Cc1ccco1)C(=O)N1CCCc2ccccc21. The molecule has 2 aromatic heterocycles. The van der Waals surface area contributed by atoms with Crippen molar-refractivity contribution in [3.05, 3.63) is 88.6 Å². The molecule has 7 heteroatoms. The summed E-state index contributed by atoms with van der Waals surface area (Å²) in [5.74, 6) is 0.684. The summed E-state index contributed by atoms with van der Waals surface area (Å²) in [7, 11) is 0. The Morgan fingerprint density at radius 1 is 1.12 bits per heavy atom. The summed E-state index contributed by atoms with van der Waals surface area (Å²) in [6.45, 7) is 2.84. The van der Waals surface area contributed by atoms with Crippen LogP contribution < -0.4 is 10.5 Å². The lowest BCUT2D eigenvalue weighted by atomic mass is 10.0. The molecule has 0 saturated carbocycles. The Labute approximate surface area is 189 Å². The Bertz CT molecular complexity index is 1330. The number of thioether (sulfide) groups is 1. The monoisotopic (exact) mass is 445 g/mol. The van der Waals surface area contributed by atoms with E-state index in [2.05, 4.69) is 6.07 Å². The summed E-state index contributed by atoms with van der Waals surface area (Å²) < 4.78 is 7.07. The van der Waals surface area contributed by atoms with E-state index in [0.29, 0.717) is 28.4 Å². The van der Waals surface area contributed by atoms with E-state index in [1.54, 1.807) is 23.0 Å². The van der Waals surface area contributed by atoms with Crippen LogP contribution in [0.5, 0.6) is 0 Å². The van der Waals surface area contributed by atoms with Crippen LogP contribution in [-0.4, -0.2) is 27.3 Å². The highest BCUT2D eigenvalue weighted by molar-refractivity contribution is 8.00. The molecule has 0 bridgehead atoms. The number of rotatable bonds is 5. The number of fused-ring (bicyclic) bond motifs is 2. The molecule has 3 heterocycles. The van der Waals surface area contributed by atoms with Gasteiger partial charge < -0.3 is 9.32 Å². The van der Waals surface area contributed by atoms with Gasteiger partial charge in [0.2, 0.25) is 5.91 Å². The first kappa shape index (κ1) is 20.6. The zero-order chi connectivity index (χ0) is 22.1. The van der Waals surface area contributed by atoms with Crippen molar-refractivity contribution in [2.75, 3.05) is 11.4 Å². The molecule has 0 spiro atoms. The molecule has 0 N–H and O–H groups in total. The lowest BCUT2D eigenvalue weighted by Gasteiger charge is -2.31. The van der Waals surface area contributed by atoms with Crippen LogP contribution in [0.2, 0.25) is 0 Å². The van der Waals surface area contributed by atoms with E-state index in [0.717, 1.165) is 18.5 Å². The van der Waals surface area contributed by atoms with Crippen LogP contribution in [0.25, 0.3) is 10.9 Å². The van der Waals surface area contributed by atoms with Gasteiger partial charge in [-0.25, -0.2) is 4.98 Å². The van der Waals surface area contributed by atoms with Crippen LogP contribution in [0, 0.1) is 0 Å². The average molecular weight is 446 g/mol. The third-order valence-electron chi connectivity index (χ3n) is 5.73. The molecule has 0 radical (unpaired) electrons. The summed E-state index contributed by atoms with van der Waals surface area (Å²) in [6, 6.07) is 19.0. The number of carbonyl (C=O) groups is 1. The van der Waals surface area contributed by atoms with Crippen molar-refractivity contribution in [2.24, 2.45) is 0 Å². The number of carbonyl (C=O) groups excluding carboxylic acids is 1. The molecule has 1 atom stereocenters. The van der Waals surface area contributed by atoms with Crippen molar-refractivity contribution in [2.45, 2.75) is 36.7 Å². The molecule has 4 aromatic rings. The number of benzene rings is 2. The largest absolute Gasteiger partial charge is 0.467 e. The lowest BCUT2D eigenvalue weighted by Crippen LogP contribution is -2.40. The van der Waals surface area contributed by atoms with Crippen LogP contribution in [0.4, 0.5) is 5.69 Å². The molecular formula is C25H23N3O3S. The van der Waals surface area contributed by atoms with Gasteiger partial charge in [0.15, 0.2) is 5.16 Å². The number of hydrogen-bond donors (Lipinski definition) is 0. The van der Waals surface area contributed by atoms with Crippen LogP contribution in [0.1, 0.15) is 24.7 Å². The molecule has 0 aliphatic carbocycles. The predicted molar refractivity (Wildman–Crippen MR) is 126 cm³/mol. The van der Waals surface area contributed by atoms with Crippen LogP contribution >= 0.6 is 11.8 Å². The molecule has 0 unspecified atom stereocenters. The van der Waals surface area contributed by atoms with Gasteiger partial charge in [0.25, 0.3) is 5.56 Å². The third kappa shape index (κ3) is 3.84. The molecule has 1 amide bonds. The third-order valence-corrected chi connectivity index (χ3v) is 6.80. The van der Waals surface area contributed by atoms with Gasteiger partial charge in [-0.15, -0.1) is 0 Å². The van der Waals surface area contributed by atoms with E-state index in [1.165, 1.54) is 17.3 Å². The quantitative estimate of drug-likeness (QED) is 0.334. The highest BCUT2D eigenvalue weighted by atomic mass is 32.2. The summed E-state index contributed by atoms with van der Waals surface area (Å²) in [4.78, 5) is 33.3. The standard InChI is InChI=1S/C25H23N3O3S/c1-17(23(29)27-14-6-9-18-8-2-5-13-22(18)27)32-25-26-21-12-4-3-11-20(21)24(30)28(25)16-19-10-7-15-31-19/h2-5,7-8,10-13,15,17H,6,9,14,16H2,1H3/t17-/m0/s1. The minimum absolute atomic E-state index is 0.0223. The Morgan fingerprint density at radius 3 is 2.78 bits per heavy atom. The summed E-state index contributed by atoms with van der Waals surface area (Å²) >= 11 is 1.32. The van der Waals surface area contributed by atoms with E-state index >= 15 is 0 Å². The minimum Gasteiger partial charge on any atom is -0.467 e. The minimum atomic E-state index is -0.405. The van der Waals surface area contributed by atoms with Gasteiger partial charge in [-0.1, -0.05) is 42.1 Å². The first-order chi connectivity index (χ1) is 15.6. The van der Waals surface area contributed by atoms with Crippen molar-refractivity contribution in [3.8, 4) is 0 Å². The first-order valence-corrected chi connectivity index (χ1v) is 11.6. The van der Waals surface area contributed by atoms with Gasteiger partial charge in [-0.2, -0.15) is 0 Å². The lowest BCUT2D eigenvalue weighted by molar-refractivity contribution is -0.117. The Hall–Kier alpha value is -3.32. The van der Waals surface area contributed by atoms with E-state index < -0.39 is 5.25 Å². The molecule has 5 rings (SSSR count). The topological polar surface area (TPSA) is 68.3 Å². The fraction of sp³-hybridized carbons (Fsp3) is 0.240. The molecule has 0 saturated heterocycles. The molecule has 0 fully saturated rings. The fourth-order valence-corrected chi connectivity index (χ4v) is 5.10. The number of aryl methyl sites for hydroxylation is 1. The second-order valence-corrected chi connectivity index (χ2v) is 9.17. The highest BCUT2D eigenvalue weighted by Gasteiger charge is 2.28. The smallest absolute Gasteiger partial charge is 0.262 e. The summed E-state index contributed by atoms with van der Waals surface area (Å²) in [5.41, 5.74) is 2.66. The van der Waals surface area contributed by atoms with Crippen LogP contribution in [0.15, 0.2) is 81.3 Å². The molecule has 162 valence electrons. The summed E-state index contributed by atoms with van der Waals surface area (Å²) in [5, 5.41) is 0.653. The zero-order valence-corrected chi connectivity index (χ0v) is 18.5. The maximum Gasteiger partial charge on any atom is 0.262 e. The predicted octanol–water partition coefficient (Wildman–Crippen LogP) is 4.50. The van der Waals surface area contributed by atoms with E-state index in [9.17, 15) is 9.59 Å². The zero-order valence-electron chi connectivity index (χ0n) is 17.7. The fourth-order valence-electron chi connectivity index (χ4n) is 4.13. The molecule has 6 nitrogen and oxygen atoms in total. The number of amides is 1. The Morgan fingerprint density at radius 2 is 1.94 bits per heavy atom. The molecule has 1 aliphatic heterocycles.